The Kier molecular flexibility index (Phi) is 4.25. The van der Waals surface area contributed by atoms with Crippen LogP contribution in [0, 0.1) is 6.92 Å². The van der Waals surface area contributed by atoms with Crippen molar-refractivity contribution in [2.24, 2.45) is 0 Å². The maximum absolute atomic E-state index is 12.1. The topological polar surface area (TPSA) is 44.4 Å². The minimum Gasteiger partial charge on any atom is -0.371 e. The summed E-state index contributed by atoms with van der Waals surface area (Å²) in [5.74, 6) is 0.109. The van der Waals surface area contributed by atoms with Crippen molar-refractivity contribution < 1.29 is 4.79 Å². The predicted molar refractivity (Wildman–Crippen MR) is 85.5 cm³/mol. The Bertz CT molecular complexity index is 533. The van der Waals surface area contributed by atoms with Crippen molar-refractivity contribution in [1.29, 1.82) is 0 Å². The molecule has 21 heavy (non-hydrogen) atoms. The molecule has 0 bridgehead atoms. The molecule has 0 aliphatic carbocycles. The van der Waals surface area contributed by atoms with E-state index in [1.807, 2.05) is 12.2 Å². The zero-order valence-corrected chi connectivity index (χ0v) is 12.5. The van der Waals surface area contributed by atoms with Gasteiger partial charge < -0.3 is 10.2 Å². The third-order valence-corrected chi connectivity index (χ3v) is 4.27. The molecule has 0 saturated carbocycles. The van der Waals surface area contributed by atoms with Gasteiger partial charge in [-0.15, -0.1) is 0 Å². The highest BCUT2D eigenvalue weighted by molar-refractivity contribution is 5.84. The molecule has 2 aliphatic heterocycles. The van der Waals surface area contributed by atoms with Crippen LogP contribution in [0.1, 0.15) is 18.4 Å². The number of nitrogens with one attached hydrogen (secondary N) is 2. The number of nitrogens with zero attached hydrogens (tertiary/aromatic N) is 1. The molecule has 1 amide bonds. The lowest BCUT2D eigenvalue weighted by Gasteiger charge is -2.34. The molecular formula is C17H23N3O. The van der Waals surface area contributed by atoms with Crippen LogP contribution in [0.15, 0.2) is 36.4 Å². The summed E-state index contributed by atoms with van der Waals surface area (Å²) in [4.78, 5) is 14.5. The number of benzene rings is 1. The Morgan fingerprint density at radius 1 is 1.33 bits per heavy atom. The van der Waals surface area contributed by atoms with Crippen molar-refractivity contribution in [1.82, 2.24) is 10.6 Å². The van der Waals surface area contributed by atoms with E-state index in [0.29, 0.717) is 6.04 Å². The van der Waals surface area contributed by atoms with E-state index < -0.39 is 0 Å². The standard InChI is InChI=1S/C17H23N3O/c1-13-4-2-5-15(12-13)20-10-7-14(8-11-20)19-17(21)16-6-3-9-18-16/h2-6,12,14,16,18H,7-11H2,1H3,(H,19,21)/t16-/m1/s1. The van der Waals surface area contributed by atoms with Crippen molar-refractivity contribution in [2.45, 2.75) is 31.8 Å². The average molecular weight is 285 g/mol. The van der Waals surface area contributed by atoms with E-state index in [-0.39, 0.29) is 11.9 Å². The molecule has 2 N–H and O–H groups in total. The molecule has 1 atom stereocenters. The molecule has 4 heteroatoms. The molecular weight excluding hydrogens is 262 g/mol. The maximum atomic E-state index is 12.1. The van der Waals surface area contributed by atoms with Crippen LogP contribution in [0.25, 0.3) is 0 Å². The fourth-order valence-corrected chi connectivity index (χ4v) is 3.04. The zero-order valence-electron chi connectivity index (χ0n) is 12.5. The number of aryl methyl sites for hydroxylation is 1. The number of carbonyl (C=O) groups is 1. The van der Waals surface area contributed by atoms with Gasteiger partial charge in [0.05, 0.1) is 0 Å². The van der Waals surface area contributed by atoms with Gasteiger partial charge in [-0.1, -0.05) is 24.3 Å². The quantitative estimate of drug-likeness (QED) is 0.829. The van der Waals surface area contributed by atoms with Crippen LogP contribution in [0.2, 0.25) is 0 Å². The van der Waals surface area contributed by atoms with Gasteiger partial charge >= 0.3 is 0 Å². The van der Waals surface area contributed by atoms with E-state index in [1.54, 1.807) is 0 Å². The summed E-state index contributed by atoms with van der Waals surface area (Å²) in [6.45, 7) is 4.92. The third kappa shape index (κ3) is 3.45. The van der Waals surface area contributed by atoms with E-state index in [9.17, 15) is 4.79 Å². The number of hydrogen-bond acceptors (Lipinski definition) is 3. The fourth-order valence-electron chi connectivity index (χ4n) is 3.04. The molecule has 112 valence electrons. The first kappa shape index (κ1) is 14.1. The molecule has 1 aromatic carbocycles. The summed E-state index contributed by atoms with van der Waals surface area (Å²) in [5, 5.41) is 6.32. The Balaban J connectivity index is 1.51. The van der Waals surface area contributed by atoms with Crippen LogP contribution < -0.4 is 15.5 Å². The molecule has 1 fully saturated rings. The zero-order chi connectivity index (χ0) is 14.7. The highest BCUT2D eigenvalue weighted by Crippen LogP contribution is 2.21. The molecule has 1 saturated heterocycles. The van der Waals surface area contributed by atoms with Crippen LogP contribution in [-0.2, 0) is 4.79 Å². The Labute approximate surface area is 126 Å². The van der Waals surface area contributed by atoms with Gasteiger partial charge in [-0.3, -0.25) is 10.1 Å². The number of piperidine rings is 1. The summed E-state index contributed by atoms with van der Waals surface area (Å²) < 4.78 is 0. The number of rotatable bonds is 3. The molecule has 0 aromatic heterocycles. The number of anilines is 1. The van der Waals surface area contributed by atoms with Gasteiger partial charge in [-0.05, 0) is 37.5 Å². The second kappa shape index (κ2) is 6.31. The Hall–Kier alpha value is -1.81. The van der Waals surface area contributed by atoms with E-state index in [1.165, 1.54) is 11.3 Å². The van der Waals surface area contributed by atoms with E-state index in [4.69, 9.17) is 0 Å². The fraction of sp³-hybridized carbons (Fsp3) is 0.471. The molecule has 3 rings (SSSR count). The summed E-state index contributed by atoms with van der Waals surface area (Å²) >= 11 is 0. The Morgan fingerprint density at radius 2 is 2.14 bits per heavy atom. The summed E-state index contributed by atoms with van der Waals surface area (Å²) in [7, 11) is 0. The van der Waals surface area contributed by atoms with Crippen molar-refractivity contribution >= 4 is 11.6 Å². The highest BCUT2D eigenvalue weighted by Gasteiger charge is 2.24. The highest BCUT2D eigenvalue weighted by atomic mass is 16.2. The normalized spacial score (nSPS) is 22.5. The molecule has 2 aliphatic rings. The monoisotopic (exact) mass is 285 g/mol. The largest absolute Gasteiger partial charge is 0.371 e. The lowest BCUT2D eigenvalue weighted by Crippen LogP contribution is -2.49. The Morgan fingerprint density at radius 3 is 2.81 bits per heavy atom. The summed E-state index contributed by atoms with van der Waals surface area (Å²) in [5.41, 5.74) is 2.59. The van der Waals surface area contributed by atoms with E-state index in [2.05, 4.69) is 46.7 Å². The second-order valence-electron chi connectivity index (χ2n) is 5.92. The van der Waals surface area contributed by atoms with Crippen molar-refractivity contribution in [3.8, 4) is 0 Å². The molecule has 0 spiro atoms. The van der Waals surface area contributed by atoms with Crippen molar-refractivity contribution in [3.63, 3.8) is 0 Å². The number of hydrogen-bond donors (Lipinski definition) is 2. The minimum absolute atomic E-state index is 0.109. The smallest absolute Gasteiger partial charge is 0.241 e. The van der Waals surface area contributed by atoms with Crippen LogP contribution >= 0.6 is 0 Å². The first-order chi connectivity index (χ1) is 10.2. The van der Waals surface area contributed by atoms with Gasteiger partial charge in [0, 0.05) is 31.4 Å². The van der Waals surface area contributed by atoms with Crippen LogP contribution in [0.3, 0.4) is 0 Å². The molecule has 4 nitrogen and oxygen atoms in total. The van der Waals surface area contributed by atoms with Gasteiger partial charge in [0.2, 0.25) is 5.91 Å². The van der Waals surface area contributed by atoms with E-state index in [0.717, 1.165) is 32.5 Å². The van der Waals surface area contributed by atoms with Crippen LogP contribution in [0.4, 0.5) is 5.69 Å². The number of carbonyl (C=O) groups excluding carboxylic acids is 1. The third-order valence-electron chi connectivity index (χ3n) is 4.27. The average Bonchev–Trinajstić information content (AvgIpc) is 3.02. The molecule has 1 aromatic rings. The van der Waals surface area contributed by atoms with Crippen LogP contribution in [0.5, 0.6) is 0 Å². The summed E-state index contributed by atoms with van der Waals surface area (Å²) in [6.07, 6.45) is 5.97. The SMILES string of the molecule is Cc1cccc(N2CCC(NC(=O)[C@H]3C=CCN3)CC2)c1. The lowest BCUT2D eigenvalue weighted by molar-refractivity contribution is -0.122. The van der Waals surface area contributed by atoms with Crippen LogP contribution in [-0.4, -0.2) is 37.6 Å². The summed E-state index contributed by atoms with van der Waals surface area (Å²) in [6, 6.07) is 8.79. The van der Waals surface area contributed by atoms with Gasteiger partial charge in [0.1, 0.15) is 6.04 Å². The molecule has 0 unspecified atom stereocenters. The van der Waals surface area contributed by atoms with Crippen molar-refractivity contribution in [3.05, 3.63) is 42.0 Å². The van der Waals surface area contributed by atoms with E-state index >= 15 is 0 Å². The first-order valence-electron chi connectivity index (χ1n) is 7.74. The molecule has 2 heterocycles. The molecule has 0 radical (unpaired) electrons. The van der Waals surface area contributed by atoms with Gasteiger partial charge in [-0.2, -0.15) is 0 Å². The van der Waals surface area contributed by atoms with Gasteiger partial charge in [-0.25, -0.2) is 0 Å². The first-order valence-corrected chi connectivity index (χ1v) is 7.74. The second-order valence-corrected chi connectivity index (χ2v) is 5.92. The minimum atomic E-state index is -0.139. The lowest BCUT2D eigenvalue weighted by atomic mass is 10.0. The van der Waals surface area contributed by atoms with Gasteiger partial charge in [0.25, 0.3) is 0 Å². The predicted octanol–water partition coefficient (Wildman–Crippen LogP) is 1.61. The van der Waals surface area contributed by atoms with Crippen molar-refractivity contribution in [2.75, 3.05) is 24.5 Å². The number of amides is 1. The maximum Gasteiger partial charge on any atom is 0.241 e. The van der Waals surface area contributed by atoms with Gasteiger partial charge in [0.15, 0.2) is 0 Å².